The van der Waals surface area contributed by atoms with Gasteiger partial charge in [0, 0.05) is 24.4 Å². The Morgan fingerprint density at radius 3 is 2.11 bits per heavy atom. The lowest BCUT2D eigenvalue weighted by Crippen LogP contribution is -2.36. The van der Waals surface area contributed by atoms with E-state index >= 15 is 0 Å². The number of aliphatic hydroxyl groups excluding tert-OH is 1. The van der Waals surface area contributed by atoms with Crippen molar-refractivity contribution in [2.24, 2.45) is 0 Å². The van der Waals surface area contributed by atoms with Gasteiger partial charge in [-0.05, 0) is 24.3 Å². The minimum Gasteiger partial charge on any atom is -0.389 e. The van der Waals surface area contributed by atoms with E-state index in [1.807, 2.05) is 0 Å². The highest BCUT2D eigenvalue weighted by molar-refractivity contribution is 5.94. The van der Waals surface area contributed by atoms with E-state index in [-0.39, 0.29) is 12.6 Å². The summed E-state index contributed by atoms with van der Waals surface area (Å²) in [5.41, 5.74) is -4.53. The molecule has 11 heteroatoms. The number of benzene rings is 1. The number of amides is 1. The van der Waals surface area contributed by atoms with Crippen molar-refractivity contribution in [1.29, 1.82) is 0 Å². The quantitative estimate of drug-likeness (QED) is 0.748. The Kier molecular flexibility index (Phi) is 6.17. The molecule has 1 aromatic carbocycles. The van der Waals surface area contributed by atoms with E-state index in [9.17, 15) is 41.0 Å². The highest BCUT2D eigenvalue weighted by Gasteiger charge is 2.37. The maximum absolute atomic E-state index is 12.8. The minimum atomic E-state index is -5.08. The average molecular weight is 408 g/mol. The Bertz CT molecular complexity index is 872. The van der Waals surface area contributed by atoms with Crippen LogP contribution < -0.4 is 10.9 Å². The molecule has 2 N–H and O–H groups in total. The first-order chi connectivity index (χ1) is 12.9. The summed E-state index contributed by atoms with van der Waals surface area (Å²) in [7, 11) is 0. The molecule has 1 aromatic heterocycles. The second kappa shape index (κ2) is 8.05. The van der Waals surface area contributed by atoms with Crippen LogP contribution >= 0.6 is 0 Å². The van der Waals surface area contributed by atoms with Crippen LogP contribution in [0.15, 0.2) is 47.4 Å². The van der Waals surface area contributed by atoms with E-state index in [1.165, 1.54) is 24.4 Å². The van der Waals surface area contributed by atoms with E-state index in [4.69, 9.17) is 0 Å². The van der Waals surface area contributed by atoms with Gasteiger partial charge in [-0.3, -0.25) is 9.59 Å². The van der Waals surface area contributed by atoms with E-state index in [2.05, 4.69) is 5.32 Å². The van der Waals surface area contributed by atoms with Crippen molar-refractivity contribution < 1.29 is 36.2 Å². The normalized spacial score (nSPS) is 13.2. The molecule has 1 heterocycles. The predicted molar refractivity (Wildman–Crippen MR) is 85.5 cm³/mol. The maximum Gasteiger partial charge on any atom is 0.416 e. The molecule has 0 saturated heterocycles. The van der Waals surface area contributed by atoms with Crippen LogP contribution in [0.2, 0.25) is 0 Å². The van der Waals surface area contributed by atoms with Gasteiger partial charge in [0.2, 0.25) is 0 Å². The van der Waals surface area contributed by atoms with Crippen LogP contribution in [-0.2, 0) is 18.9 Å². The highest BCUT2D eigenvalue weighted by atomic mass is 19.4. The first-order valence-electron chi connectivity index (χ1n) is 7.79. The van der Waals surface area contributed by atoms with Gasteiger partial charge < -0.3 is 15.0 Å². The van der Waals surface area contributed by atoms with Crippen LogP contribution in [0.25, 0.3) is 0 Å². The molecule has 0 aliphatic heterocycles. The largest absolute Gasteiger partial charge is 0.416 e. The van der Waals surface area contributed by atoms with Crippen molar-refractivity contribution in [3.05, 3.63) is 69.6 Å². The number of halogens is 6. The molecule has 0 fully saturated rings. The molecule has 2 rings (SSSR count). The third kappa shape index (κ3) is 5.59. The molecule has 0 bridgehead atoms. The molecule has 1 atom stereocenters. The Morgan fingerprint density at radius 2 is 1.61 bits per heavy atom. The lowest BCUT2D eigenvalue weighted by atomic mass is 10.0. The predicted octanol–water partition coefficient (Wildman–Crippen LogP) is 2.68. The number of aromatic nitrogens is 1. The summed E-state index contributed by atoms with van der Waals surface area (Å²) in [5, 5.41) is 11.9. The Balaban J connectivity index is 2.15. The first-order valence-corrected chi connectivity index (χ1v) is 7.79. The van der Waals surface area contributed by atoms with Crippen LogP contribution in [0.3, 0.4) is 0 Å². The fourth-order valence-corrected chi connectivity index (χ4v) is 2.30. The smallest absolute Gasteiger partial charge is 0.389 e. The molecule has 152 valence electrons. The zero-order valence-corrected chi connectivity index (χ0v) is 14.0. The van der Waals surface area contributed by atoms with Crippen molar-refractivity contribution in [3.8, 4) is 0 Å². The van der Waals surface area contributed by atoms with Crippen molar-refractivity contribution in [1.82, 2.24) is 9.88 Å². The molecule has 0 aliphatic rings. The summed E-state index contributed by atoms with van der Waals surface area (Å²) in [6.45, 7) is -0.714. The number of aliphatic hydroxyl groups is 1. The summed E-state index contributed by atoms with van der Waals surface area (Å²) >= 11 is 0. The SMILES string of the molecule is O=C(NCC(O)Cn1ccccc1=O)c1cc(C(F)(F)F)cc(C(F)(F)F)c1. The Labute approximate surface area is 154 Å². The van der Waals surface area contributed by atoms with Crippen molar-refractivity contribution in [2.45, 2.75) is 25.0 Å². The van der Waals surface area contributed by atoms with Crippen LogP contribution in [-0.4, -0.2) is 28.2 Å². The number of rotatable bonds is 5. The van der Waals surface area contributed by atoms with Crippen LogP contribution in [0.1, 0.15) is 21.5 Å². The topological polar surface area (TPSA) is 71.3 Å². The number of carbonyl (C=O) groups is 1. The molecule has 0 radical (unpaired) electrons. The Hall–Kier alpha value is -2.82. The lowest BCUT2D eigenvalue weighted by molar-refractivity contribution is -0.143. The number of nitrogens with one attached hydrogen (secondary N) is 1. The van der Waals surface area contributed by atoms with E-state index in [0.29, 0.717) is 12.1 Å². The van der Waals surface area contributed by atoms with E-state index in [0.717, 1.165) is 4.57 Å². The van der Waals surface area contributed by atoms with E-state index in [1.54, 1.807) is 0 Å². The number of pyridine rings is 1. The standard InChI is InChI=1S/C17H14F6N2O3/c18-16(19,20)11-5-10(6-12(7-11)17(21,22)23)15(28)24-8-13(26)9-25-4-2-1-3-14(25)27/h1-7,13,26H,8-9H2,(H,24,28). The molecule has 2 aromatic rings. The number of hydrogen-bond acceptors (Lipinski definition) is 3. The third-order valence-electron chi connectivity index (χ3n) is 3.65. The van der Waals surface area contributed by atoms with Gasteiger partial charge in [-0.15, -0.1) is 0 Å². The van der Waals surface area contributed by atoms with Crippen molar-refractivity contribution in [2.75, 3.05) is 6.54 Å². The number of carbonyl (C=O) groups excluding carboxylic acids is 1. The summed E-state index contributed by atoms with van der Waals surface area (Å²) in [4.78, 5) is 23.5. The van der Waals surface area contributed by atoms with Gasteiger partial charge in [0.25, 0.3) is 11.5 Å². The third-order valence-corrected chi connectivity index (χ3v) is 3.65. The average Bonchev–Trinajstić information content (AvgIpc) is 2.59. The van der Waals surface area contributed by atoms with Gasteiger partial charge in [-0.1, -0.05) is 6.07 Å². The molecule has 5 nitrogen and oxygen atoms in total. The van der Waals surface area contributed by atoms with Crippen LogP contribution in [0.4, 0.5) is 26.3 Å². The van der Waals surface area contributed by atoms with Crippen molar-refractivity contribution in [3.63, 3.8) is 0 Å². The van der Waals surface area contributed by atoms with E-state index < -0.39 is 53.2 Å². The lowest BCUT2D eigenvalue weighted by Gasteiger charge is -2.16. The second-order valence-electron chi connectivity index (χ2n) is 5.85. The van der Waals surface area contributed by atoms with Gasteiger partial charge in [-0.2, -0.15) is 26.3 Å². The maximum atomic E-state index is 12.8. The minimum absolute atomic E-state index is 0.0898. The monoisotopic (exact) mass is 408 g/mol. The molecule has 1 unspecified atom stereocenters. The van der Waals surface area contributed by atoms with Gasteiger partial charge >= 0.3 is 12.4 Å². The van der Waals surface area contributed by atoms with Crippen LogP contribution in [0, 0.1) is 0 Å². The fourth-order valence-electron chi connectivity index (χ4n) is 2.30. The summed E-state index contributed by atoms with van der Waals surface area (Å²) in [6, 6.07) is 4.71. The zero-order chi connectivity index (χ0) is 21.1. The van der Waals surface area contributed by atoms with Gasteiger partial charge in [0.1, 0.15) is 0 Å². The first kappa shape index (κ1) is 21.5. The number of nitrogens with zero attached hydrogens (tertiary/aromatic N) is 1. The van der Waals surface area contributed by atoms with Gasteiger partial charge in [0.05, 0.1) is 23.8 Å². The van der Waals surface area contributed by atoms with Gasteiger partial charge in [-0.25, -0.2) is 0 Å². The van der Waals surface area contributed by atoms with Gasteiger partial charge in [0.15, 0.2) is 0 Å². The number of hydrogen-bond donors (Lipinski definition) is 2. The fraction of sp³-hybridized carbons (Fsp3) is 0.294. The van der Waals surface area contributed by atoms with Crippen molar-refractivity contribution >= 4 is 5.91 Å². The molecular formula is C17H14F6N2O3. The molecular weight excluding hydrogens is 394 g/mol. The molecule has 28 heavy (non-hydrogen) atoms. The zero-order valence-electron chi connectivity index (χ0n) is 14.0. The van der Waals surface area contributed by atoms with Crippen LogP contribution in [0.5, 0.6) is 0 Å². The highest BCUT2D eigenvalue weighted by Crippen LogP contribution is 2.36. The molecule has 0 spiro atoms. The molecule has 0 aliphatic carbocycles. The number of alkyl halides is 6. The molecule has 0 saturated carbocycles. The Morgan fingerprint density at radius 1 is 1.04 bits per heavy atom. The summed E-state index contributed by atoms with van der Waals surface area (Å²) < 4.78 is 78.1. The molecule has 1 amide bonds. The second-order valence-corrected chi connectivity index (χ2v) is 5.85. The summed E-state index contributed by atoms with van der Waals surface area (Å²) in [6.07, 6.45) is -10.1. The summed E-state index contributed by atoms with van der Waals surface area (Å²) in [5.74, 6) is -1.23.